The number of hydrogen-bond donors (Lipinski definition) is 0. The van der Waals surface area contributed by atoms with Crippen LogP contribution in [0.25, 0.3) is 0 Å². The van der Waals surface area contributed by atoms with E-state index in [0.717, 1.165) is 5.56 Å². The number of carbonyl (C=O) groups is 2. The van der Waals surface area contributed by atoms with Crippen molar-refractivity contribution in [3.63, 3.8) is 0 Å². The van der Waals surface area contributed by atoms with Gasteiger partial charge in [-0.3, -0.25) is 9.59 Å². The van der Waals surface area contributed by atoms with Crippen molar-refractivity contribution < 1.29 is 38.0 Å². The molecule has 0 aromatic heterocycles. The number of fused-ring (bicyclic) bond motifs is 1. The van der Waals surface area contributed by atoms with Gasteiger partial charge in [-0.1, -0.05) is 30.3 Å². The molecule has 2 fully saturated rings. The smallest absolute Gasteiger partial charge is 0.303 e. The molecule has 0 spiro atoms. The third-order valence-corrected chi connectivity index (χ3v) is 4.19. The predicted octanol–water partition coefficient (Wildman–Crippen LogP) is 1.34. The minimum atomic E-state index is -0.947. The number of rotatable bonds is 4. The third kappa shape index (κ3) is 4.04. The van der Waals surface area contributed by atoms with Crippen molar-refractivity contribution in [3.8, 4) is 0 Å². The first-order chi connectivity index (χ1) is 12.5. The molecule has 0 amide bonds. The number of carbonyl (C=O) groups excluding carboxylic acids is 2. The summed E-state index contributed by atoms with van der Waals surface area (Å²) in [4.78, 5) is 23.1. The van der Waals surface area contributed by atoms with E-state index in [4.69, 9.17) is 28.4 Å². The first kappa shape index (κ1) is 18.8. The Balaban J connectivity index is 1.86. The van der Waals surface area contributed by atoms with Crippen LogP contribution >= 0.6 is 0 Å². The normalized spacial score (nSPS) is 33.8. The van der Waals surface area contributed by atoms with Crippen molar-refractivity contribution in [1.29, 1.82) is 0 Å². The van der Waals surface area contributed by atoms with Crippen molar-refractivity contribution in [2.45, 2.75) is 50.8 Å². The Bertz CT molecular complexity index is 633. The lowest BCUT2D eigenvalue weighted by Crippen LogP contribution is -2.64. The van der Waals surface area contributed by atoms with E-state index < -0.39 is 48.9 Å². The van der Waals surface area contributed by atoms with Gasteiger partial charge < -0.3 is 28.4 Å². The minimum absolute atomic E-state index is 0.217. The zero-order valence-electron chi connectivity index (χ0n) is 14.8. The van der Waals surface area contributed by atoms with Gasteiger partial charge in [-0.2, -0.15) is 0 Å². The van der Waals surface area contributed by atoms with Crippen molar-refractivity contribution in [3.05, 3.63) is 35.9 Å². The predicted molar refractivity (Wildman–Crippen MR) is 86.8 cm³/mol. The van der Waals surface area contributed by atoms with Gasteiger partial charge in [0.05, 0.1) is 6.61 Å². The van der Waals surface area contributed by atoms with Gasteiger partial charge in [0.25, 0.3) is 0 Å². The number of benzene rings is 1. The minimum Gasteiger partial charge on any atom is -0.455 e. The Hall–Kier alpha value is -2.00. The van der Waals surface area contributed by atoms with Crippen LogP contribution in [0.2, 0.25) is 0 Å². The van der Waals surface area contributed by atoms with E-state index in [1.54, 1.807) is 0 Å². The summed E-state index contributed by atoms with van der Waals surface area (Å²) in [5.41, 5.74) is 0.824. The Kier molecular flexibility index (Phi) is 5.87. The van der Waals surface area contributed by atoms with E-state index in [-0.39, 0.29) is 6.61 Å². The lowest BCUT2D eigenvalue weighted by atomic mass is 9.97. The fourth-order valence-corrected chi connectivity index (χ4v) is 3.16. The maximum atomic E-state index is 11.6. The van der Waals surface area contributed by atoms with E-state index in [1.165, 1.54) is 21.0 Å². The molecule has 3 rings (SSSR count). The molecule has 2 aliphatic rings. The number of methoxy groups -OCH3 is 1. The van der Waals surface area contributed by atoms with Gasteiger partial charge in [0.15, 0.2) is 24.8 Å². The lowest BCUT2D eigenvalue weighted by molar-refractivity contribution is -0.359. The zero-order chi connectivity index (χ0) is 18.7. The molecular weight excluding hydrogens is 344 g/mol. The Morgan fingerprint density at radius 3 is 2.27 bits per heavy atom. The van der Waals surface area contributed by atoms with Crippen LogP contribution in [-0.4, -0.2) is 56.4 Å². The monoisotopic (exact) mass is 366 g/mol. The van der Waals surface area contributed by atoms with Crippen molar-refractivity contribution >= 4 is 11.9 Å². The van der Waals surface area contributed by atoms with E-state index in [9.17, 15) is 9.59 Å². The maximum Gasteiger partial charge on any atom is 0.303 e. The second-order valence-corrected chi connectivity index (χ2v) is 6.10. The molecule has 0 radical (unpaired) electrons. The number of esters is 2. The van der Waals surface area contributed by atoms with Crippen LogP contribution in [0.15, 0.2) is 30.3 Å². The van der Waals surface area contributed by atoms with Gasteiger partial charge in [-0.05, 0) is 0 Å². The van der Waals surface area contributed by atoms with Crippen molar-refractivity contribution in [2.75, 3.05) is 13.7 Å². The first-order valence-corrected chi connectivity index (χ1v) is 8.34. The van der Waals surface area contributed by atoms with Gasteiger partial charge in [-0.15, -0.1) is 0 Å². The third-order valence-electron chi connectivity index (χ3n) is 4.19. The molecule has 142 valence electrons. The second kappa shape index (κ2) is 8.13. The van der Waals surface area contributed by atoms with Crippen LogP contribution in [0.1, 0.15) is 25.7 Å². The van der Waals surface area contributed by atoms with Crippen LogP contribution in [0.5, 0.6) is 0 Å². The lowest BCUT2D eigenvalue weighted by Gasteiger charge is -2.47. The standard InChI is InChI=1S/C18H22O8/c1-10(19)23-15-14-13(25-18(21-3)16(15)24-11(2)20)9-22-17(26-14)12-7-5-4-6-8-12/h4-8,13-18H,9H2,1-3H3/t13-,14-,15+,16-,17?,18-/m1/s1. The zero-order valence-corrected chi connectivity index (χ0v) is 14.8. The van der Waals surface area contributed by atoms with Crippen LogP contribution in [0, 0.1) is 0 Å². The maximum absolute atomic E-state index is 11.6. The summed E-state index contributed by atoms with van der Waals surface area (Å²) in [5, 5.41) is 0. The molecule has 8 nitrogen and oxygen atoms in total. The Labute approximate surface area is 151 Å². The van der Waals surface area contributed by atoms with Crippen LogP contribution in [0.3, 0.4) is 0 Å². The van der Waals surface area contributed by atoms with E-state index in [0.29, 0.717) is 0 Å². The molecule has 0 aliphatic carbocycles. The van der Waals surface area contributed by atoms with Gasteiger partial charge in [0, 0.05) is 26.5 Å². The van der Waals surface area contributed by atoms with Crippen molar-refractivity contribution in [2.24, 2.45) is 0 Å². The summed E-state index contributed by atoms with van der Waals surface area (Å²) in [6, 6.07) is 9.38. The molecule has 1 aromatic rings. The van der Waals surface area contributed by atoms with Gasteiger partial charge in [0.1, 0.15) is 12.2 Å². The number of hydrogen-bond acceptors (Lipinski definition) is 8. The molecule has 0 bridgehead atoms. The summed E-state index contributed by atoms with van der Waals surface area (Å²) in [5.74, 6) is -1.06. The van der Waals surface area contributed by atoms with E-state index >= 15 is 0 Å². The molecule has 6 atom stereocenters. The molecule has 8 heteroatoms. The average molecular weight is 366 g/mol. The highest BCUT2D eigenvalue weighted by molar-refractivity contribution is 5.67. The molecule has 2 aliphatic heterocycles. The Morgan fingerprint density at radius 2 is 1.65 bits per heavy atom. The largest absolute Gasteiger partial charge is 0.455 e. The first-order valence-electron chi connectivity index (χ1n) is 8.34. The van der Waals surface area contributed by atoms with Crippen LogP contribution in [-0.2, 0) is 38.0 Å². The van der Waals surface area contributed by atoms with Crippen LogP contribution in [0.4, 0.5) is 0 Å². The molecule has 0 saturated carbocycles. The Morgan fingerprint density at radius 1 is 1.00 bits per heavy atom. The van der Waals surface area contributed by atoms with E-state index in [2.05, 4.69) is 0 Å². The molecule has 0 N–H and O–H groups in total. The van der Waals surface area contributed by atoms with E-state index in [1.807, 2.05) is 30.3 Å². The summed E-state index contributed by atoms with van der Waals surface area (Å²) in [7, 11) is 1.42. The summed E-state index contributed by atoms with van der Waals surface area (Å²) in [6.45, 7) is 2.76. The number of ether oxygens (including phenoxy) is 6. The fraction of sp³-hybridized carbons (Fsp3) is 0.556. The second-order valence-electron chi connectivity index (χ2n) is 6.10. The highest BCUT2D eigenvalue weighted by Crippen LogP contribution is 2.36. The average Bonchev–Trinajstić information content (AvgIpc) is 2.63. The van der Waals surface area contributed by atoms with Crippen molar-refractivity contribution in [1.82, 2.24) is 0 Å². The fourth-order valence-electron chi connectivity index (χ4n) is 3.16. The molecule has 1 unspecified atom stereocenters. The topological polar surface area (TPSA) is 89.5 Å². The van der Waals surface area contributed by atoms with Gasteiger partial charge in [0.2, 0.25) is 0 Å². The molecule has 2 heterocycles. The summed E-state index contributed by atoms with van der Waals surface area (Å²) >= 11 is 0. The molecular formula is C18H22O8. The quantitative estimate of drug-likeness (QED) is 0.738. The van der Waals surface area contributed by atoms with Crippen LogP contribution < -0.4 is 0 Å². The van der Waals surface area contributed by atoms with Gasteiger partial charge in [-0.25, -0.2) is 0 Å². The highest BCUT2D eigenvalue weighted by atomic mass is 16.8. The molecule has 2 saturated heterocycles. The molecule has 26 heavy (non-hydrogen) atoms. The van der Waals surface area contributed by atoms with Gasteiger partial charge >= 0.3 is 11.9 Å². The summed E-state index contributed by atoms with van der Waals surface area (Å²) < 4.78 is 33.6. The molecule has 1 aromatic carbocycles. The highest BCUT2D eigenvalue weighted by Gasteiger charge is 2.53. The summed E-state index contributed by atoms with van der Waals surface area (Å²) in [6.07, 6.45) is -4.57. The SMILES string of the molecule is CO[C@@H]1O[C@@H]2COC(c3ccccc3)O[C@H]2[C@H](OC(C)=O)[C@H]1OC(C)=O.